The Morgan fingerprint density at radius 3 is 2.67 bits per heavy atom. The van der Waals surface area contributed by atoms with Crippen LogP contribution in [-0.2, 0) is 0 Å². The SMILES string of the molecule is O=C(NCCCN1CCN(c2cccc(Cl)c2)CC1)c1ccc(-n2ccc3ccccc32)s1. The Balaban J connectivity index is 1.07. The minimum Gasteiger partial charge on any atom is -0.369 e. The number of amides is 1. The highest BCUT2D eigenvalue weighted by Crippen LogP contribution is 2.26. The molecule has 1 saturated heterocycles. The number of anilines is 1. The summed E-state index contributed by atoms with van der Waals surface area (Å²) in [7, 11) is 0. The second-order valence-corrected chi connectivity index (χ2v) is 9.80. The lowest BCUT2D eigenvalue weighted by Crippen LogP contribution is -2.47. The van der Waals surface area contributed by atoms with E-state index in [0.717, 1.165) is 59.6 Å². The first-order valence-corrected chi connectivity index (χ1v) is 12.5. The third-order valence-electron chi connectivity index (χ3n) is 6.13. The maximum atomic E-state index is 12.6. The van der Waals surface area contributed by atoms with Gasteiger partial charge in [0, 0.05) is 49.6 Å². The largest absolute Gasteiger partial charge is 0.369 e. The topological polar surface area (TPSA) is 40.5 Å². The lowest BCUT2D eigenvalue weighted by Gasteiger charge is -2.36. The van der Waals surface area contributed by atoms with Crippen LogP contribution in [0, 0.1) is 0 Å². The highest BCUT2D eigenvalue weighted by atomic mass is 35.5. The third kappa shape index (κ3) is 5.08. The molecule has 5 nitrogen and oxygen atoms in total. The van der Waals surface area contributed by atoms with E-state index in [1.807, 2.05) is 42.5 Å². The highest BCUT2D eigenvalue weighted by molar-refractivity contribution is 7.16. The van der Waals surface area contributed by atoms with Crippen LogP contribution in [0.2, 0.25) is 5.02 Å². The molecule has 0 aliphatic carbocycles. The van der Waals surface area contributed by atoms with Crippen molar-refractivity contribution in [1.82, 2.24) is 14.8 Å². The Bertz CT molecular complexity index is 1240. The first-order chi connectivity index (χ1) is 16.2. The van der Waals surface area contributed by atoms with Crippen molar-refractivity contribution < 1.29 is 4.79 Å². The maximum absolute atomic E-state index is 12.6. The fourth-order valence-electron chi connectivity index (χ4n) is 4.35. The fraction of sp³-hybridized carbons (Fsp3) is 0.269. The minimum absolute atomic E-state index is 0.00786. The molecule has 0 spiro atoms. The number of piperazine rings is 1. The summed E-state index contributed by atoms with van der Waals surface area (Å²) in [5.74, 6) is 0.00786. The van der Waals surface area contributed by atoms with Gasteiger partial charge in [0.1, 0.15) is 5.00 Å². The molecule has 1 N–H and O–H groups in total. The van der Waals surface area contributed by atoms with Gasteiger partial charge in [0.15, 0.2) is 0 Å². The highest BCUT2D eigenvalue weighted by Gasteiger charge is 2.17. The van der Waals surface area contributed by atoms with Gasteiger partial charge in [-0.25, -0.2) is 0 Å². The van der Waals surface area contributed by atoms with Gasteiger partial charge in [-0.2, -0.15) is 0 Å². The van der Waals surface area contributed by atoms with E-state index in [1.54, 1.807) is 0 Å². The number of benzene rings is 2. The molecule has 0 saturated carbocycles. The van der Waals surface area contributed by atoms with Crippen molar-refractivity contribution in [3.8, 4) is 5.00 Å². The average Bonchev–Trinajstić information content (AvgIpc) is 3.49. The molecule has 1 aliphatic rings. The molecule has 1 amide bonds. The van der Waals surface area contributed by atoms with Crippen LogP contribution in [0.4, 0.5) is 5.69 Å². The molecular formula is C26H27ClN4OS. The van der Waals surface area contributed by atoms with E-state index < -0.39 is 0 Å². The Labute approximate surface area is 203 Å². The summed E-state index contributed by atoms with van der Waals surface area (Å²) < 4.78 is 2.14. The summed E-state index contributed by atoms with van der Waals surface area (Å²) in [6.45, 7) is 5.73. The molecule has 170 valence electrons. The monoisotopic (exact) mass is 478 g/mol. The lowest BCUT2D eigenvalue weighted by atomic mass is 10.2. The van der Waals surface area contributed by atoms with Crippen molar-refractivity contribution in [2.24, 2.45) is 0 Å². The maximum Gasteiger partial charge on any atom is 0.261 e. The fourth-order valence-corrected chi connectivity index (χ4v) is 5.45. The summed E-state index contributed by atoms with van der Waals surface area (Å²) in [6, 6.07) is 22.4. The summed E-state index contributed by atoms with van der Waals surface area (Å²) in [5, 5.41) is 6.12. The summed E-state index contributed by atoms with van der Waals surface area (Å²) in [4.78, 5) is 18.2. The average molecular weight is 479 g/mol. The van der Waals surface area contributed by atoms with Crippen LogP contribution in [0.1, 0.15) is 16.1 Å². The van der Waals surface area contributed by atoms with Crippen LogP contribution < -0.4 is 10.2 Å². The zero-order valence-corrected chi connectivity index (χ0v) is 20.0. The lowest BCUT2D eigenvalue weighted by molar-refractivity contribution is 0.0955. The summed E-state index contributed by atoms with van der Waals surface area (Å²) in [6.07, 6.45) is 3.01. The predicted molar refractivity (Wildman–Crippen MR) is 138 cm³/mol. The van der Waals surface area contributed by atoms with E-state index in [9.17, 15) is 4.79 Å². The number of halogens is 1. The zero-order valence-electron chi connectivity index (χ0n) is 18.4. The first kappa shape index (κ1) is 22.0. The number of carbonyl (C=O) groups excluding carboxylic acids is 1. The Hall–Kier alpha value is -2.80. The number of nitrogens with one attached hydrogen (secondary N) is 1. The van der Waals surface area contributed by atoms with Crippen LogP contribution in [0.25, 0.3) is 15.9 Å². The molecule has 4 aromatic rings. The van der Waals surface area contributed by atoms with Crippen molar-refractivity contribution in [2.45, 2.75) is 6.42 Å². The normalized spacial score (nSPS) is 14.6. The van der Waals surface area contributed by atoms with Crippen LogP contribution in [-0.4, -0.2) is 54.6 Å². The molecule has 3 heterocycles. The standard InChI is InChI=1S/C26H27ClN4OS/c27-21-6-3-7-22(19-21)30-17-15-29(16-18-30)13-4-12-28-26(32)24-9-10-25(33-24)31-14-11-20-5-1-2-8-23(20)31/h1-3,5-11,14,19H,4,12-13,15-18H2,(H,28,32). The number of para-hydroxylation sites is 1. The van der Waals surface area contributed by atoms with Crippen molar-refractivity contribution in [3.63, 3.8) is 0 Å². The van der Waals surface area contributed by atoms with Gasteiger partial charge in [-0.1, -0.05) is 35.9 Å². The molecule has 2 aromatic heterocycles. The number of aromatic nitrogens is 1. The third-order valence-corrected chi connectivity index (χ3v) is 7.45. The second-order valence-electron chi connectivity index (χ2n) is 8.30. The predicted octanol–water partition coefficient (Wildman–Crippen LogP) is 5.29. The smallest absolute Gasteiger partial charge is 0.261 e. The number of carbonyl (C=O) groups is 1. The van der Waals surface area contributed by atoms with Gasteiger partial charge in [0.2, 0.25) is 0 Å². The number of hydrogen-bond acceptors (Lipinski definition) is 4. The van der Waals surface area contributed by atoms with Gasteiger partial charge in [0.05, 0.1) is 10.4 Å². The number of nitrogens with zero attached hydrogens (tertiary/aromatic N) is 3. The molecule has 0 radical (unpaired) electrons. The Morgan fingerprint density at radius 1 is 0.970 bits per heavy atom. The van der Waals surface area contributed by atoms with E-state index in [2.05, 4.69) is 50.1 Å². The Morgan fingerprint density at radius 2 is 1.82 bits per heavy atom. The molecule has 0 unspecified atom stereocenters. The molecule has 2 aromatic carbocycles. The number of fused-ring (bicyclic) bond motifs is 1. The number of rotatable bonds is 7. The van der Waals surface area contributed by atoms with Crippen molar-refractivity contribution >= 4 is 45.4 Å². The van der Waals surface area contributed by atoms with Gasteiger partial charge >= 0.3 is 0 Å². The molecule has 1 aliphatic heterocycles. The molecule has 33 heavy (non-hydrogen) atoms. The minimum atomic E-state index is 0.00786. The Kier molecular flexibility index (Phi) is 6.67. The molecule has 1 fully saturated rings. The van der Waals surface area contributed by atoms with Gasteiger partial charge in [0.25, 0.3) is 5.91 Å². The number of thiophene rings is 1. The van der Waals surface area contributed by atoms with Gasteiger partial charge in [-0.15, -0.1) is 11.3 Å². The van der Waals surface area contributed by atoms with Crippen molar-refractivity contribution in [3.05, 3.63) is 82.8 Å². The zero-order chi connectivity index (χ0) is 22.6. The summed E-state index contributed by atoms with van der Waals surface area (Å²) >= 11 is 7.65. The molecule has 0 atom stereocenters. The van der Waals surface area contributed by atoms with Crippen LogP contribution >= 0.6 is 22.9 Å². The van der Waals surface area contributed by atoms with Crippen LogP contribution in [0.3, 0.4) is 0 Å². The van der Waals surface area contributed by atoms with E-state index in [0.29, 0.717) is 6.54 Å². The van der Waals surface area contributed by atoms with E-state index in [1.165, 1.54) is 22.4 Å². The molecule has 7 heteroatoms. The summed E-state index contributed by atoms with van der Waals surface area (Å²) in [5.41, 5.74) is 2.35. The molecular weight excluding hydrogens is 452 g/mol. The number of hydrogen-bond donors (Lipinski definition) is 1. The van der Waals surface area contributed by atoms with Crippen LogP contribution in [0.15, 0.2) is 72.9 Å². The van der Waals surface area contributed by atoms with E-state index in [-0.39, 0.29) is 5.91 Å². The van der Waals surface area contributed by atoms with Gasteiger partial charge in [-0.3, -0.25) is 9.69 Å². The van der Waals surface area contributed by atoms with Gasteiger partial charge in [-0.05, 0) is 60.8 Å². The van der Waals surface area contributed by atoms with E-state index >= 15 is 0 Å². The molecule has 5 rings (SSSR count). The first-order valence-electron chi connectivity index (χ1n) is 11.3. The molecule has 0 bridgehead atoms. The quantitative estimate of drug-likeness (QED) is 0.367. The van der Waals surface area contributed by atoms with Crippen molar-refractivity contribution in [2.75, 3.05) is 44.2 Å². The van der Waals surface area contributed by atoms with E-state index in [4.69, 9.17) is 11.6 Å². The van der Waals surface area contributed by atoms with Crippen molar-refractivity contribution in [1.29, 1.82) is 0 Å². The van der Waals surface area contributed by atoms with Gasteiger partial charge < -0.3 is 14.8 Å². The second kappa shape index (κ2) is 10.00. The van der Waals surface area contributed by atoms with Crippen LogP contribution in [0.5, 0.6) is 0 Å².